The number of sulfonamides is 1. The molecule has 0 saturated carbocycles. The molecule has 7 heteroatoms. The molecular formula is C14H18FN3O2S. The third kappa shape index (κ3) is 3.23. The molecule has 0 N–H and O–H groups in total. The molecule has 0 radical (unpaired) electrons. The van der Waals surface area contributed by atoms with Crippen molar-refractivity contribution in [3.63, 3.8) is 0 Å². The van der Waals surface area contributed by atoms with Crippen molar-refractivity contribution in [2.75, 3.05) is 27.2 Å². The summed E-state index contributed by atoms with van der Waals surface area (Å²) in [7, 11) is -0.224. The van der Waals surface area contributed by atoms with Crippen molar-refractivity contribution >= 4 is 10.0 Å². The van der Waals surface area contributed by atoms with Gasteiger partial charge in [0.1, 0.15) is 11.9 Å². The third-order valence-electron chi connectivity index (χ3n) is 3.91. The highest BCUT2D eigenvalue weighted by Gasteiger charge is 2.28. The first-order chi connectivity index (χ1) is 9.86. The number of nitrogens with zero attached hydrogens (tertiary/aromatic N) is 3. The standard InChI is InChI=1S/C14H18FN3O2S/c1-17-7-3-4-12(17)10-18(2)21(19,20)13-5-6-14(15)11(8-13)9-16/h5-6,8,12H,3-4,7,10H2,1-2H3. The molecule has 114 valence electrons. The summed E-state index contributed by atoms with van der Waals surface area (Å²) in [6.45, 7) is 1.35. The van der Waals surface area contributed by atoms with Crippen molar-refractivity contribution < 1.29 is 12.8 Å². The summed E-state index contributed by atoms with van der Waals surface area (Å²) >= 11 is 0. The van der Waals surface area contributed by atoms with Gasteiger partial charge in [-0.25, -0.2) is 12.8 Å². The lowest BCUT2D eigenvalue weighted by atomic mass is 10.2. The van der Waals surface area contributed by atoms with Gasteiger partial charge in [0.2, 0.25) is 10.0 Å². The molecule has 1 aliphatic rings. The molecule has 1 fully saturated rings. The van der Waals surface area contributed by atoms with Crippen LogP contribution in [0.5, 0.6) is 0 Å². The van der Waals surface area contributed by atoms with Gasteiger partial charge in [0.15, 0.2) is 0 Å². The van der Waals surface area contributed by atoms with E-state index in [0.29, 0.717) is 6.54 Å². The van der Waals surface area contributed by atoms with Gasteiger partial charge in [-0.05, 0) is 44.6 Å². The largest absolute Gasteiger partial charge is 0.302 e. The average molecular weight is 311 g/mol. The Labute approximate surface area is 124 Å². The number of likely N-dealkylation sites (N-methyl/N-ethyl adjacent to an activating group) is 2. The Hall–Kier alpha value is -1.49. The Kier molecular flexibility index (Phi) is 4.61. The fourth-order valence-electron chi connectivity index (χ4n) is 2.54. The molecule has 1 saturated heterocycles. The topological polar surface area (TPSA) is 64.4 Å². The molecule has 0 aromatic heterocycles. The smallest absolute Gasteiger partial charge is 0.242 e. The predicted octanol–water partition coefficient (Wildman–Crippen LogP) is 1.41. The van der Waals surface area contributed by atoms with Crippen LogP contribution in [0.15, 0.2) is 23.1 Å². The zero-order chi connectivity index (χ0) is 15.6. The zero-order valence-corrected chi connectivity index (χ0v) is 12.9. The van der Waals surface area contributed by atoms with Crippen molar-refractivity contribution in [1.29, 1.82) is 5.26 Å². The van der Waals surface area contributed by atoms with Gasteiger partial charge in [0.05, 0.1) is 10.5 Å². The summed E-state index contributed by atoms with van der Waals surface area (Å²) in [4.78, 5) is 2.08. The number of hydrogen-bond donors (Lipinski definition) is 0. The van der Waals surface area contributed by atoms with Gasteiger partial charge >= 0.3 is 0 Å². The molecule has 1 unspecified atom stereocenters. The van der Waals surface area contributed by atoms with Gasteiger partial charge in [0.25, 0.3) is 0 Å². The van der Waals surface area contributed by atoms with Gasteiger partial charge in [-0.15, -0.1) is 0 Å². The number of nitriles is 1. The molecule has 0 amide bonds. The van der Waals surface area contributed by atoms with E-state index in [0.717, 1.165) is 31.5 Å². The van der Waals surface area contributed by atoms with Crippen LogP contribution in [0.1, 0.15) is 18.4 Å². The molecule has 1 heterocycles. The molecular weight excluding hydrogens is 293 g/mol. The number of benzene rings is 1. The van der Waals surface area contributed by atoms with Gasteiger partial charge in [0, 0.05) is 19.6 Å². The van der Waals surface area contributed by atoms with Crippen LogP contribution in [0.25, 0.3) is 0 Å². The van der Waals surface area contributed by atoms with Gasteiger partial charge in [-0.3, -0.25) is 0 Å². The average Bonchev–Trinajstić information content (AvgIpc) is 2.84. The number of halogens is 1. The normalized spacial score (nSPS) is 19.9. The van der Waals surface area contributed by atoms with E-state index < -0.39 is 15.8 Å². The summed E-state index contributed by atoms with van der Waals surface area (Å²) in [6.07, 6.45) is 2.02. The minimum absolute atomic E-state index is 0.0522. The zero-order valence-electron chi connectivity index (χ0n) is 12.1. The summed E-state index contributed by atoms with van der Waals surface area (Å²) < 4.78 is 39.5. The lowest BCUT2D eigenvalue weighted by Crippen LogP contribution is -2.39. The van der Waals surface area contributed by atoms with Crippen molar-refractivity contribution in [1.82, 2.24) is 9.21 Å². The maximum Gasteiger partial charge on any atom is 0.242 e. The highest BCUT2D eigenvalue weighted by Crippen LogP contribution is 2.21. The Morgan fingerprint density at radius 1 is 1.52 bits per heavy atom. The molecule has 2 rings (SSSR count). The van der Waals surface area contributed by atoms with Gasteiger partial charge < -0.3 is 4.90 Å². The molecule has 1 aromatic carbocycles. The second-order valence-electron chi connectivity index (χ2n) is 5.32. The Bertz CT molecular complexity index is 669. The van der Waals surface area contributed by atoms with Crippen LogP contribution < -0.4 is 0 Å². The minimum atomic E-state index is -3.71. The van der Waals surface area contributed by atoms with E-state index in [1.807, 2.05) is 7.05 Å². The van der Waals surface area contributed by atoms with Crippen LogP contribution in [0.4, 0.5) is 4.39 Å². The number of likely N-dealkylation sites (tertiary alicyclic amines) is 1. The molecule has 0 aliphatic carbocycles. The molecule has 21 heavy (non-hydrogen) atoms. The van der Waals surface area contributed by atoms with Crippen LogP contribution >= 0.6 is 0 Å². The predicted molar refractivity (Wildman–Crippen MR) is 76.6 cm³/mol. The van der Waals surface area contributed by atoms with E-state index in [9.17, 15) is 12.8 Å². The molecule has 1 aliphatic heterocycles. The van der Waals surface area contributed by atoms with Crippen LogP contribution in [0, 0.1) is 17.1 Å². The molecule has 0 bridgehead atoms. The van der Waals surface area contributed by atoms with Gasteiger partial charge in [-0.2, -0.15) is 9.57 Å². The maximum absolute atomic E-state index is 13.3. The Morgan fingerprint density at radius 2 is 2.24 bits per heavy atom. The Morgan fingerprint density at radius 3 is 2.81 bits per heavy atom. The van der Waals surface area contributed by atoms with E-state index in [1.165, 1.54) is 17.4 Å². The molecule has 1 atom stereocenters. The van der Waals surface area contributed by atoms with Crippen LogP contribution in [-0.4, -0.2) is 50.8 Å². The number of hydrogen-bond acceptors (Lipinski definition) is 4. The van der Waals surface area contributed by atoms with Crippen molar-refractivity contribution in [3.05, 3.63) is 29.6 Å². The van der Waals surface area contributed by atoms with E-state index in [4.69, 9.17) is 5.26 Å². The lowest BCUT2D eigenvalue weighted by Gasteiger charge is -2.25. The second kappa shape index (κ2) is 6.10. The van der Waals surface area contributed by atoms with Crippen molar-refractivity contribution in [2.45, 2.75) is 23.8 Å². The summed E-state index contributed by atoms with van der Waals surface area (Å²) in [5, 5.41) is 8.81. The first-order valence-corrected chi connectivity index (χ1v) is 8.16. The molecule has 5 nitrogen and oxygen atoms in total. The first-order valence-electron chi connectivity index (χ1n) is 6.72. The summed E-state index contributed by atoms with van der Waals surface area (Å²) in [5.74, 6) is -0.713. The summed E-state index contributed by atoms with van der Waals surface area (Å²) in [5.41, 5.74) is -0.262. The van der Waals surface area contributed by atoms with Crippen LogP contribution in [0.3, 0.4) is 0 Å². The fourth-order valence-corrected chi connectivity index (χ4v) is 3.77. The quantitative estimate of drug-likeness (QED) is 0.843. The first kappa shape index (κ1) is 15.9. The highest BCUT2D eigenvalue weighted by molar-refractivity contribution is 7.89. The molecule has 1 aromatic rings. The third-order valence-corrected chi connectivity index (χ3v) is 5.73. The summed E-state index contributed by atoms with van der Waals surface area (Å²) in [6, 6.07) is 5.15. The van der Waals surface area contributed by atoms with Crippen LogP contribution in [0.2, 0.25) is 0 Å². The number of rotatable bonds is 4. The fraction of sp³-hybridized carbons (Fsp3) is 0.500. The Balaban J connectivity index is 2.23. The van der Waals surface area contributed by atoms with Crippen LogP contribution in [-0.2, 0) is 10.0 Å². The van der Waals surface area contributed by atoms with Crippen molar-refractivity contribution in [3.8, 4) is 6.07 Å². The SMILES string of the molecule is CN1CCCC1CN(C)S(=O)(=O)c1ccc(F)c(C#N)c1. The highest BCUT2D eigenvalue weighted by atomic mass is 32.2. The molecule has 0 spiro atoms. The van der Waals surface area contributed by atoms with E-state index in [-0.39, 0.29) is 16.5 Å². The van der Waals surface area contributed by atoms with E-state index >= 15 is 0 Å². The minimum Gasteiger partial charge on any atom is -0.302 e. The van der Waals surface area contributed by atoms with E-state index in [1.54, 1.807) is 6.07 Å². The monoisotopic (exact) mass is 311 g/mol. The maximum atomic E-state index is 13.3. The van der Waals surface area contributed by atoms with Crippen molar-refractivity contribution in [2.24, 2.45) is 0 Å². The van der Waals surface area contributed by atoms with Gasteiger partial charge in [-0.1, -0.05) is 0 Å². The second-order valence-corrected chi connectivity index (χ2v) is 7.36. The lowest BCUT2D eigenvalue weighted by molar-refractivity contribution is 0.271. The van der Waals surface area contributed by atoms with E-state index in [2.05, 4.69) is 4.90 Å².